The van der Waals surface area contributed by atoms with Gasteiger partial charge in [0.2, 0.25) is 11.8 Å². The van der Waals surface area contributed by atoms with Crippen LogP contribution in [0.5, 0.6) is 5.75 Å². The Kier molecular flexibility index (Phi) is 7.94. The van der Waals surface area contributed by atoms with E-state index >= 15 is 0 Å². The van der Waals surface area contributed by atoms with Gasteiger partial charge in [0.05, 0.1) is 7.11 Å². The van der Waals surface area contributed by atoms with Crippen LogP contribution >= 0.6 is 0 Å². The number of hydrogen-bond donors (Lipinski definition) is 2. The number of carbonyl (C=O) groups excluding carboxylic acids is 2. The third kappa shape index (κ3) is 5.57. The van der Waals surface area contributed by atoms with Crippen molar-refractivity contribution in [3.05, 3.63) is 29.3 Å². The van der Waals surface area contributed by atoms with Crippen molar-refractivity contribution in [1.29, 1.82) is 0 Å². The van der Waals surface area contributed by atoms with E-state index < -0.39 is 0 Å². The van der Waals surface area contributed by atoms with Gasteiger partial charge in [-0.3, -0.25) is 14.5 Å². The van der Waals surface area contributed by atoms with Gasteiger partial charge in [-0.2, -0.15) is 0 Å². The largest absolute Gasteiger partial charge is 0.496 e. The minimum Gasteiger partial charge on any atom is -0.496 e. The van der Waals surface area contributed by atoms with Gasteiger partial charge in [-0.15, -0.1) is 0 Å². The van der Waals surface area contributed by atoms with Crippen LogP contribution in [0.4, 0.5) is 0 Å². The van der Waals surface area contributed by atoms with E-state index in [1.807, 2.05) is 6.07 Å². The number of fused-ring (bicyclic) bond motifs is 1. The van der Waals surface area contributed by atoms with Crippen molar-refractivity contribution < 1.29 is 14.3 Å². The summed E-state index contributed by atoms with van der Waals surface area (Å²) in [5.41, 5.74) is 2.36. The summed E-state index contributed by atoms with van der Waals surface area (Å²) in [5.74, 6) is 1.32. The number of benzene rings is 1. The second-order valence-electron chi connectivity index (χ2n) is 9.12. The standard InChI is InChI=1S/C24H38N4O3/c1-6-27(7-2)14-18-11-17(8-9-22(18)31-5)13-25-19-12-21-23(29)26-20(10-16(3)4)24(30)28(21)15-19/h8-9,11,16,19-21,25H,6-7,10,12-15H2,1-5H3,(H,26,29)/t19-,20+,21-/m0/s1. The fraction of sp³-hybridized carbons (Fsp3) is 0.667. The summed E-state index contributed by atoms with van der Waals surface area (Å²) in [6.45, 7) is 12.6. The molecule has 0 spiro atoms. The molecule has 0 saturated carbocycles. The van der Waals surface area contributed by atoms with Crippen LogP contribution in [0.3, 0.4) is 0 Å². The first-order chi connectivity index (χ1) is 14.9. The smallest absolute Gasteiger partial charge is 0.245 e. The summed E-state index contributed by atoms with van der Waals surface area (Å²) >= 11 is 0. The van der Waals surface area contributed by atoms with Crippen molar-refractivity contribution in [3.8, 4) is 5.75 Å². The van der Waals surface area contributed by atoms with Crippen molar-refractivity contribution in [2.24, 2.45) is 5.92 Å². The zero-order valence-electron chi connectivity index (χ0n) is 19.6. The van der Waals surface area contributed by atoms with Crippen molar-refractivity contribution in [1.82, 2.24) is 20.4 Å². The first-order valence-electron chi connectivity index (χ1n) is 11.6. The molecule has 2 amide bonds. The normalized spacial score (nSPS) is 23.5. The Morgan fingerprint density at radius 2 is 2.00 bits per heavy atom. The molecule has 2 heterocycles. The van der Waals surface area contributed by atoms with Gasteiger partial charge in [0, 0.05) is 31.2 Å². The third-order valence-corrected chi connectivity index (χ3v) is 6.44. The van der Waals surface area contributed by atoms with E-state index in [1.165, 1.54) is 11.1 Å². The molecule has 2 fully saturated rings. The molecule has 1 aromatic carbocycles. The molecule has 7 heteroatoms. The van der Waals surface area contributed by atoms with Gasteiger partial charge < -0.3 is 20.3 Å². The molecule has 0 aliphatic carbocycles. The number of nitrogens with one attached hydrogen (secondary N) is 2. The van der Waals surface area contributed by atoms with Gasteiger partial charge >= 0.3 is 0 Å². The minimum atomic E-state index is -0.383. The van der Waals surface area contributed by atoms with Gasteiger partial charge in [-0.05, 0) is 49.5 Å². The summed E-state index contributed by atoms with van der Waals surface area (Å²) in [5, 5.41) is 6.50. The first kappa shape index (κ1) is 23.5. The molecule has 3 atom stereocenters. The van der Waals surface area contributed by atoms with Crippen LogP contribution < -0.4 is 15.4 Å². The van der Waals surface area contributed by atoms with Gasteiger partial charge in [-0.1, -0.05) is 33.8 Å². The maximum Gasteiger partial charge on any atom is 0.245 e. The Labute approximate surface area is 186 Å². The van der Waals surface area contributed by atoms with Crippen molar-refractivity contribution in [3.63, 3.8) is 0 Å². The Balaban J connectivity index is 1.62. The molecule has 7 nitrogen and oxygen atoms in total. The number of methoxy groups -OCH3 is 1. The molecule has 0 unspecified atom stereocenters. The van der Waals surface area contributed by atoms with Crippen LogP contribution in [0.15, 0.2) is 18.2 Å². The molecule has 3 rings (SSSR count). The van der Waals surface area contributed by atoms with Crippen LogP contribution in [-0.2, 0) is 22.7 Å². The average molecular weight is 431 g/mol. The van der Waals surface area contributed by atoms with Crippen LogP contribution in [-0.4, -0.2) is 66.5 Å². The number of hydrogen-bond acceptors (Lipinski definition) is 5. The topological polar surface area (TPSA) is 73.9 Å². The van der Waals surface area contributed by atoms with E-state index in [1.54, 1.807) is 12.0 Å². The lowest BCUT2D eigenvalue weighted by Crippen LogP contribution is -2.61. The number of nitrogens with zero attached hydrogens (tertiary/aromatic N) is 2. The summed E-state index contributed by atoms with van der Waals surface area (Å²) in [6.07, 6.45) is 1.35. The van der Waals surface area contributed by atoms with Crippen LogP contribution in [0, 0.1) is 5.92 Å². The fourth-order valence-corrected chi connectivity index (χ4v) is 4.65. The molecule has 31 heavy (non-hydrogen) atoms. The number of piperazine rings is 1. The number of rotatable bonds is 10. The average Bonchev–Trinajstić information content (AvgIpc) is 3.19. The molecule has 2 N–H and O–H groups in total. The summed E-state index contributed by atoms with van der Waals surface area (Å²) < 4.78 is 5.56. The van der Waals surface area contributed by atoms with Crippen LogP contribution in [0.1, 0.15) is 51.7 Å². The van der Waals surface area contributed by atoms with Gasteiger partial charge in [-0.25, -0.2) is 0 Å². The number of amides is 2. The number of carbonyl (C=O) groups is 2. The summed E-state index contributed by atoms with van der Waals surface area (Å²) in [6, 6.07) is 5.70. The first-order valence-corrected chi connectivity index (χ1v) is 11.6. The van der Waals surface area contributed by atoms with E-state index in [4.69, 9.17) is 4.74 Å². The molecule has 0 radical (unpaired) electrons. The second kappa shape index (κ2) is 10.5. The molecule has 0 aromatic heterocycles. The predicted octanol–water partition coefficient (Wildman–Crippen LogP) is 2.14. The summed E-state index contributed by atoms with van der Waals surface area (Å²) in [4.78, 5) is 29.5. The molecule has 1 aromatic rings. The van der Waals surface area contributed by atoms with E-state index in [0.29, 0.717) is 31.8 Å². The molecule has 172 valence electrons. The van der Waals surface area contributed by atoms with Gasteiger partial charge in [0.25, 0.3) is 0 Å². The van der Waals surface area contributed by atoms with Crippen LogP contribution in [0.2, 0.25) is 0 Å². The monoisotopic (exact) mass is 430 g/mol. The lowest BCUT2D eigenvalue weighted by molar-refractivity contribution is -0.147. The Morgan fingerprint density at radius 1 is 1.26 bits per heavy atom. The van der Waals surface area contributed by atoms with E-state index in [-0.39, 0.29) is 29.9 Å². The molecular weight excluding hydrogens is 392 g/mol. The maximum atomic E-state index is 12.8. The highest BCUT2D eigenvalue weighted by Gasteiger charge is 2.46. The zero-order valence-corrected chi connectivity index (χ0v) is 19.6. The number of ether oxygens (including phenoxy) is 1. The van der Waals surface area contributed by atoms with Crippen LogP contribution in [0.25, 0.3) is 0 Å². The highest BCUT2D eigenvalue weighted by Crippen LogP contribution is 2.26. The molecule has 2 aliphatic rings. The molecular formula is C24H38N4O3. The van der Waals surface area contributed by atoms with Gasteiger partial charge in [0.1, 0.15) is 17.8 Å². The lowest BCUT2D eigenvalue weighted by atomic mass is 9.99. The van der Waals surface area contributed by atoms with E-state index in [9.17, 15) is 9.59 Å². The third-order valence-electron chi connectivity index (χ3n) is 6.44. The lowest BCUT2D eigenvalue weighted by Gasteiger charge is -2.35. The Morgan fingerprint density at radius 3 is 2.65 bits per heavy atom. The van der Waals surface area contributed by atoms with E-state index in [2.05, 4.69) is 55.4 Å². The minimum absolute atomic E-state index is 0.0134. The predicted molar refractivity (Wildman–Crippen MR) is 122 cm³/mol. The van der Waals surface area contributed by atoms with Crippen molar-refractivity contribution in [2.45, 2.75) is 71.8 Å². The SMILES string of the molecule is CCN(CC)Cc1cc(CN[C@H]2C[C@H]3C(=O)N[C@H](CC(C)C)C(=O)N3C2)ccc1OC. The Hall–Kier alpha value is -2.12. The van der Waals surface area contributed by atoms with E-state index in [0.717, 1.165) is 25.4 Å². The quantitative estimate of drug-likeness (QED) is 0.595. The van der Waals surface area contributed by atoms with Crippen molar-refractivity contribution >= 4 is 11.8 Å². The zero-order chi connectivity index (χ0) is 22.5. The molecule has 2 saturated heterocycles. The van der Waals surface area contributed by atoms with Gasteiger partial charge in [0.15, 0.2) is 0 Å². The van der Waals surface area contributed by atoms with Crippen molar-refractivity contribution in [2.75, 3.05) is 26.7 Å². The summed E-state index contributed by atoms with van der Waals surface area (Å²) in [7, 11) is 1.71. The fourth-order valence-electron chi connectivity index (χ4n) is 4.65. The second-order valence-corrected chi connectivity index (χ2v) is 9.12. The molecule has 0 bridgehead atoms. The maximum absolute atomic E-state index is 12.8. The Bertz CT molecular complexity index is 778. The highest BCUT2D eigenvalue weighted by molar-refractivity contribution is 5.97. The highest BCUT2D eigenvalue weighted by atomic mass is 16.5. The molecule has 2 aliphatic heterocycles.